The fourth-order valence-corrected chi connectivity index (χ4v) is 1.45. The Morgan fingerprint density at radius 1 is 1.62 bits per heavy atom. The van der Waals surface area contributed by atoms with Crippen LogP contribution in [0.25, 0.3) is 0 Å². The number of hydrogen-bond acceptors (Lipinski definition) is 2. The van der Waals surface area contributed by atoms with Gasteiger partial charge in [0, 0.05) is 5.56 Å². The van der Waals surface area contributed by atoms with Crippen molar-refractivity contribution < 1.29 is 13.9 Å². The summed E-state index contributed by atoms with van der Waals surface area (Å²) in [4.78, 5) is 3.44. The summed E-state index contributed by atoms with van der Waals surface area (Å²) >= 11 is 8.28. The third kappa shape index (κ3) is 2.28. The molecule has 0 spiro atoms. The molecule has 0 amide bonds. The van der Waals surface area contributed by atoms with Gasteiger partial charge in [-0.2, -0.15) is 0 Å². The molecule has 2 nitrogen and oxygen atoms in total. The third-order valence-electron chi connectivity index (χ3n) is 1.42. The van der Waals surface area contributed by atoms with Crippen molar-refractivity contribution >= 4 is 27.5 Å². The van der Waals surface area contributed by atoms with Crippen LogP contribution in [0.5, 0.6) is 5.75 Å². The molecule has 1 rings (SSSR count). The van der Waals surface area contributed by atoms with Crippen LogP contribution < -0.4 is 0 Å². The molecule has 0 bridgehead atoms. The topological polar surface area (TPSA) is 33.1 Å². The van der Waals surface area contributed by atoms with Gasteiger partial charge in [0.25, 0.3) is 6.43 Å². The summed E-state index contributed by atoms with van der Waals surface area (Å²) in [5, 5.41) is 9.27. The molecule has 0 radical (unpaired) electrons. The quantitative estimate of drug-likeness (QED) is 0.662. The minimum atomic E-state index is -2.67. The lowest BCUT2D eigenvalue weighted by molar-refractivity contribution is 0.145. The summed E-state index contributed by atoms with van der Waals surface area (Å²) in [6.45, 7) is 0. The Morgan fingerprint density at radius 3 is 2.69 bits per heavy atom. The van der Waals surface area contributed by atoms with Crippen molar-refractivity contribution in [3.8, 4) is 5.75 Å². The first-order valence-corrected chi connectivity index (χ1v) is 4.61. The first-order chi connectivity index (χ1) is 6.06. The van der Waals surface area contributed by atoms with Gasteiger partial charge in [-0.05, 0) is 22.0 Å². The molecule has 1 N–H and O–H groups in total. The Bertz CT molecular complexity index is 322. The van der Waals surface area contributed by atoms with Gasteiger partial charge < -0.3 is 5.11 Å². The Balaban J connectivity index is 3.22. The van der Waals surface area contributed by atoms with Crippen LogP contribution in [-0.4, -0.2) is 10.1 Å². The van der Waals surface area contributed by atoms with Crippen molar-refractivity contribution in [2.24, 2.45) is 0 Å². The molecule has 0 aliphatic carbocycles. The van der Waals surface area contributed by atoms with E-state index in [0.29, 0.717) is 0 Å². The van der Waals surface area contributed by atoms with Crippen molar-refractivity contribution in [1.82, 2.24) is 4.98 Å². The van der Waals surface area contributed by atoms with E-state index in [9.17, 15) is 13.9 Å². The van der Waals surface area contributed by atoms with E-state index in [4.69, 9.17) is 11.6 Å². The number of pyridine rings is 1. The molecule has 1 heterocycles. The van der Waals surface area contributed by atoms with Gasteiger partial charge in [0.2, 0.25) is 0 Å². The van der Waals surface area contributed by atoms with Crippen molar-refractivity contribution in [3.05, 3.63) is 21.9 Å². The molecule has 6 heteroatoms. The monoisotopic (exact) mass is 271 g/mol. The molecule has 1 aromatic rings. The number of alkyl halides is 3. The van der Waals surface area contributed by atoms with E-state index in [1.165, 1.54) is 0 Å². The normalized spacial score (nSPS) is 10.8. The highest BCUT2D eigenvalue weighted by molar-refractivity contribution is 9.10. The predicted molar refractivity (Wildman–Crippen MR) is 48.1 cm³/mol. The summed E-state index contributed by atoms with van der Waals surface area (Å²) < 4.78 is 24.4. The maximum atomic E-state index is 12.2. The van der Waals surface area contributed by atoms with Gasteiger partial charge in [-0.25, -0.2) is 13.8 Å². The second kappa shape index (κ2) is 4.19. The van der Waals surface area contributed by atoms with E-state index in [2.05, 4.69) is 20.9 Å². The molecule has 0 atom stereocenters. The summed E-state index contributed by atoms with van der Waals surface area (Å²) in [5.74, 6) is -0.230. The summed E-state index contributed by atoms with van der Waals surface area (Å²) in [7, 11) is 0. The van der Waals surface area contributed by atoms with Gasteiger partial charge in [-0.3, -0.25) is 0 Å². The number of hydrogen-bond donors (Lipinski definition) is 1. The van der Waals surface area contributed by atoms with Gasteiger partial charge >= 0.3 is 0 Å². The lowest BCUT2D eigenvalue weighted by Gasteiger charge is -2.05. The minimum Gasteiger partial charge on any atom is -0.505 e. The Kier molecular flexibility index (Phi) is 3.44. The molecular formula is C7H5BrClF2NO. The molecule has 0 saturated heterocycles. The average molecular weight is 272 g/mol. The second-order valence-corrected chi connectivity index (χ2v) is 3.30. The van der Waals surface area contributed by atoms with Crippen LogP contribution >= 0.6 is 27.5 Å². The van der Waals surface area contributed by atoms with Crippen LogP contribution in [0.3, 0.4) is 0 Å². The highest BCUT2D eigenvalue weighted by Gasteiger charge is 2.14. The number of halogens is 4. The molecule has 72 valence electrons. The van der Waals surface area contributed by atoms with Crippen molar-refractivity contribution in [2.45, 2.75) is 12.3 Å². The van der Waals surface area contributed by atoms with Gasteiger partial charge in [0.05, 0.1) is 5.88 Å². The maximum Gasteiger partial charge on any atom is 0.280 e. The van der Waals surface area contributed by atoms with E-state index in [-0.39, 0.29) is 21.8 Å². The molecule has 0 aliphatic rings. The second-order valence-electron chi connectivity index (χ2n) is 2.28. The van der Waals surface area contributed by atoms with Gasteiger partial charge in [-0.15, -0.1) is 11.6 Å². The van der Waals surface area contributed by atoms with Gasteiger partial charge in [0.1, 0.15) is 10.3 Å². The lowest BCUT2D eigenvalue weighted by Crippen LogP contribution is -1.94. The Morgan fingerprint density at radius 2 is 2.23 bits per heavy atom. The van der Waals surface area contributed by atoms with Crippen LogP contribution in [0.1, 0.15) is 17.7 Å². The first-order valence-electron chi connectivity index (χ1n) is 3.28. The zero-order valence-electron chi connectivity index (χ0n) is 6.27. The largest absolute Gasteiger partial charge is 0.505 e. The van der Waals surface area contributed by atoms with Crippen LogP contribution in [0, 0.1) is 0 Å². The standard InChI is InChI=1S/C7H5BrClF2NO/c8-6-5(13)3(2-9)1-4(12-6)7(10)11/h1,7,13H,2H2. The zero-order valence-corrected chi connectivity index (χ0v) is 8.61. The van der Waals surface area contributed by atoms with E-state index >= 15 is 0 Å². The highest BCUT2D eigenvalue weighted by atomic mass is 79.9. The van der Waals surface area contributed by atoms with Crippen LogP contribution in [0.2, 0.25) is 0 Å². The summed E-state index contributed by atoms with van der Waals surface area (Å²) in [5.41, 5.74) is -0.167. The Labute approximate surface area is 86.7 Å². The third-order valence-corrected chi connectivity index (χ3v) is 2.26. The molecule has 0 aromatic carbocycles. The smallest absolute Gasteiger partial charge is 0.280 e. The highest BCUT2D eigenvalue weighted by Crippen LogP contribution is 2.30. The molecule has 0 unspecified atom stereocenters. The van der Waals surface area contributed by atoms with E-state index in [0.717, 1.165) is 6.07 Å². The van der Waals surface area contributed by atoms with E-state index in [1.807, 2.05) is 0 Å². The molecule has 0 aliphatic heterocycles. The fourth-order valence-electron chi connectivity index (χ4n) is 0.792. The number of aromatic hydroxyl groups is 1. The van der Waals surface area contributed by atoms with Crippen molar-refractivity contribution in [1.29, 1.82) is 0 Å². The van der Waals surface area contributed by atoms with Gasteiger partial charge in [0.15, 0.2) is 5.75 Å². The van der Waals surface area contributed by atoms with Crippen LogP contribution in [-0.2, 0) is 5.88 Å². The minimum absolute atomic E-state index is 0.0130. The zero-order chi connectivity index (χ0) is 10.0. The average Bonchev–Trinajstić information content (AvgIpc) is 2.09. The fraction of sp³-hybridized carbons (Fsp3) is 0.286. The Hall–Kier alpha value is -0.420. The first kappa shape index (κ1) is 10.7. The molecule has 0 saturated carbocycles. The molecule has 13 heavy (non-hydrogen) atoms. The molecule has 1 aromatic heterocycles. The van der Waals surface area contributed by atoms with Gasteiger partial charge in [-0.1, -0.05) is 0 Å². The molecular weight excluding hydrogens is 267 g/mol. The number of aromatic nitrogens is 1. The lowest BCUT2D eigenvalue weighted by atomic mass is 10.2. The van der Waals surface area contributed by atoms with Crippen molar-refractivity contribution in [2.75, 3.05) is 0 Å². The maximum absolute atomic E-state index is 12.2. The van der Waals surface area contributed by atoms with E-state index in [1.54, 1.807) is 0 Å². The summed E-state index contributed by atoms with van der Waals surface area (Å²) in [6, 6.07) is 1.08. The molecule has 0 fully saturated rings. The number of rotatable bonds is 2. The predicted octanol–water partition coefficient (Wildman–Crippen LogP) is 3.23. The van der Waals surface area contributed by atoms with Crippen LogP contribution in [0.15, 0.2) is 10.7 Å². The van der Waals surface area contributed by atoms with E-state index < -0.39 is 12.1 Å². The van der Waals surface area contributed by atoms with Crippen LogP contribution in [0.4, 0.5) is 8.78 Å². The summed E-state index contributed by atoms with van der Waals surface area (Å²) in [6.07, 6.45) is -2.67. The van der Waals surface area contributed by atoms with Crippen molar-refractivity contribution in [3.63, 3.8) is 0 Å². The number of nitrogens with zero attached hydrogens (tertiary/aromatic N) is 1. The SMILES string of the molecule is Oc1c(CCl)cc(C(F)F)nc1Br.